The molecule has 2 aromatic rings. The Hall–Kier alpha value is -1.47. The summed E-state index contributed by atoms with van der Waals surface area (Å²) in [5, 5.41) is 3.75. The highest BCUT2D eigenvalue weighted by Gasteiger charge is 2.09. The molecule has 0 bridgehead atoms. The van der Waals surface area contributed by atoms with Gasteiger partial charge in [0.25, 0.3) is 5.88 Å². The summed E-state index contributed by atoms with van der Waals surface area (Å²) in [6, 6.07) is 1.76. The molecular formula is C11H13BrN4O2. The summed E-state index contributed by atoms with van der Waals surface area (Å²) in [6.45, 7) is 1.26. The van der Waals surface area contributed by atoms with Crippen LogP contribution in [0.2, 0.25) is 0 Å². The molecule has 0 unspecified atom stereocenters. The first-order chi connectivity index (χ1) is 8.67. The van der Waals surface area contributed by atoms with Crippen LogP contribution in [0.4, 0.5) is 0 Å². The molecule has 7 heteroatoms. The SMILES string of the molecule is COc1cc(CN(C)Cc2ncc(Br)cn2)on1. The van der Waals surface area contributed by atoms with Crippen molar-refractivity contribution >= 4 is 15.9 Å². The van der Waals surface area contributed by atoms with Crippen LogP contribution in [0.3, 0.4) is 0 Å². The molecule has 0 aliphatic heterocycles. The van der Waals surface area contributed by atoms with E-state index in [0.29, 0.717) is 19.0 Å². The smallest absolute Gasteiger partial charge is 0.254 e. The van der Waals surface area contributed by atoms with E-state index >= 15 is 0 Å². The van der Waals surface area contributed by atoms with Gasteiger partial charge in [-0.2, -0.15) is 0 Å². The number of halogens is 1. The van der Waals surface area contributed by atoms with Crippen LogP contribution in [-0.2, 0) is 13.1 Å². The van der Waals surface area contributed by atoms with Crippen LogP contribution in [0.5, 0.6) is 5.88 Å². The van der Waals surface area contributed by atoms with Crippen LogP contribution in [0, 0.1) is 0 Å². The number of rotatable bonds is 5. The highest BCUT2D eigenvalue weighted by Crippen LogP contribution is 2.13. The zero-order valence-corrected chi connectivity index (χ0v) is 11.7. The minimum absolute atomic E-state index is 0.485. The van der Waals surface area contributed by atoms with Gasteiger partial charge in [-0.1, -0.05) is 0 Å². The van der Waals surface area contributed by atoms with Gasteiger partial charge in [-0.3, -0.25) is 4.90 Å². The summed E-state index contributed by atoms with van der Waals surface area (Å²) in [4.78, 5) is 10.5. The number of hydrogen-bond acceptors (Lipinski definition) is 6. The molecule has 0 atom stereocenters. The third-order valence-corrected chi connectivity index (χ3v) is 2.67. The summed E-state index contributed by atoms with van der Waals surface area (Å²) in [6.07, 6.45) is 3.46. The summed E-state index contributed by atoms with van der Waals surface area (Å²) in [5.74, 6) is 1.98. The number of hydrogen-bond donors (Lipinski definition) is 0. The van der Waals surface area contributed by atoms with E-state index in [1.54, 1.807) is 25.6 Å². The maximum atomic E-state index is 5.12. The lowest BCUT2D eigenvalue weighted by Crippen LogP contribution is -2.18. The van der Waals surface area contributed by atoms with Crippen molar-refractivity contribution in [3.05, 3.63) is 34.5 Å². The molecule has 0 fully saturated rings. The second-order valence-electron chi connectivity index (χ2n) is 3.83. The zero-order chi connectivity index (χ0) is 13.0. The Morgan fingerprint density at radius 2 is 2.06 bits per heavy atom. The molecule has 0 saturated heterocycles. The van der Waals surface area contributed by atoms with Gasteiger partial charge in [0.05, 0.1) is 24.7 Å². The molecule has 2 aromatic heterocycles. The maximum absolute atomic E-state index is 5.12. The van der Waals surface area contributed by atoms with Crippen LogP contribution in [0.15, 0.2) is 27.5 Å². The third kappa shape index (κ3) is 3.51. The minimum atomic E-state index is 0.485. The molecule has 0 spiro atoms. The van der Waals surface area contributed by atoms with Crippen LogP contribution in [0.1, 0.15) is 11.6 Å². The quantitative estimate of drug-likeness (QED) is 0.839. The lowest BCUT2D eigenvalue weighted by Gasteiger charge is -2.12. The molecule has 0 saturated carbocycles. The monoisotopic (exact) mass is 312 g/mol. The van der Waals surface area contributed by atoms with Gasteiger partial charge in [0.1, 0.15) is 5.82 Å². The lowest BCUT2D eigenvalue weighted by molar-refractivity contribution is 0.256. The second-order valence-corrected chi connectivity index (χ2v) is 4.74. The molecule has 0 N–H and O–H groups in total. The fraction of sp³-hybridized carbons (Fsp3) is 0.364. The summed E-state index contributed by atoms with van der Waals surface area (Å²) in [5.41, 5.74) is 0. The zero-order valence-electron chi connectivity index (χ0n) is 10.1. The van der Waals surface area contributed by atoms with E-state index in [1.165, 1.54) is 0 Å². The van der Waals surface area contributed by atoms with E-state index in [0.717, 1.165) is 16.1 Å². The van der Waals surface area contributed by atoms with Crippen molar-refractivity contribution in [3.8, 4) is 5.88 Å². The highest BCUT2D eigenvalue weighted by atomic mass is 79.9. The normalized spacial score (nSPS) is 10.9. The van der Waals surface area contributed by atoms with Gasteiger partial charge in [-0.15, -0.1) is 0 Å². The molecule has 96 valence electrons. The molecular weight excluding hydrogens is 300 g/mol. The molecule has 0 aliphatic rings. The molecule has 0 amide bonds. The lowest BCUT2D eigenvalue weighted by atomic mass is 10.4. The van der Waals surface area contributed by atoms with E-state index in [-0.39, 0.29) is 0 Å². The van der Waals surface area contributed by atoms with Crippen molar-refractivity contribution in [2.24, 2.45) is 0 Å². The Balaban J connectivity index is 1.91. The van der Waals surface area contributed by atoms with E-state index in [4.69, 9.17) is 9.26 Å². The molecule has 0 aromatic carbocycles. The Morgan fingerprint density at radius 3 is 2.67 bits per heavy atom. The van der Waals surface area contributed by atoms with Gasteiger partial charge in [0.2, 0.25) is 0 Å². The largest absolute Gasteiger partial charge is 0.479 e. The minimum Gasteiger partial charge on any atom is -0.479 e. The van der Waals surface area contributed by atoms with Crippen LogP contribution in [-0.4, -0.2) is 34.2 Å². The van der Waals surface area contributed by atoms with Crippen molar-refractivity contribution in [1.82, 2.24) is 20.0 Å². The number of methoxy groups -OCH3 is 1. The molecule has 2 rings (SSSR count). The summed E-state index contributed by atoms with van der Waals surface area (Å²) in [7, 11) is 3.52. The van der Waals surface area contributed by atoms with Gasteiger partial charge >= 0.3 is 0 Å². The van der Waals surface area contributed by atoms with Gasteiger partial charge in [0, 0.05) is 18.5 Å². The van der Waals surface area contributed by atoms with E-state index < -0.39 is 0 Å². The standard InChI is InChI=1S/C11H13BrN4O2/c1-16(6-9-3-11(17-2)15-18-9)7-10-13-4-8(12)5-14-10/h3-5H,6-7H2,1-2H3. The number of ether oxygens (including phenoxy) is 1. The number of nitrogens with zero attached hydrogens (tertiary/aromatic N) is 4. The predicted octanol–water partition coefficient (Wildman–Crippen LogP) is 1.87. The van der Waals surface area contributed by atoms with E-state index in [9.17, 15) is 0 Å². The van der Waals surface area contributed by atoms with Gasteiger partial charge in [-0.25, -0.2) is 9.97 Å². The number of aromatic nitrogens is 3. The van der Waals surface area contributed by atoms with Crippen molar-refractivity contribution in [1.29, 1.82) is 0 Å². The van der Waals surface area contributed by atoms with E-state index in [2.05, 4.69) is 31.1 Å². The van der Waals surface area contributed by atoms with Crippen molar-refractivity contribution < 1.29 is 9.26 Å². The van der Waals surface area contributed by atoms with Gasteiger partial charge < -0.3 is 9.26 Å². The van der Waals surface area contributed by atoms with Crippen LogP contribution >= 0.6 is 15.9 Å². The molecule has 0 aliphatic carbocycles. The first-order valence-electron chi connectivity index (χ1n) is 5.32. The van der Waals surface area contributed by atoms with Crippen LogP contribution < -0.4 is 4.74 Å². The maximum Gasteiger partial charge on any atom is 0.254 e. The first kappa shape index (κ1) is 13.0. The first-order valence-corrected chi connectivity index (χ1v) is 6.11. The highest BCUT2D eigenvalue weighted by molar-refractivity contribution is 9.10. The van der Waals surface area contributed by atoms with E-state index in [1.807, 2.05) is 11.9 Å². The van der Waals surface area contributed by atoms with Crippen molar-refractivity contribution in [2.45, 2.75) is 13.1 Å². The average Bonchev–Trinajstić information content (AvgIpc) is 2.79. The fourth-order valence-corrected chi connectivity index (χ4v) is 1.65. The molecule has 6 nitrogen and oxygen atoms in total. The predicted molar refractivity (Wildman–Crippen MR) is 68.0 cm³/mol. The Kier molecular flexibility index (Phi) is 4.27. The Bertz CT molecular complexity index is 500. The molecule has 18 heavy (non-hydrogen) atoms. The summed E-state index contributed by atoms with van der Waals surface area (Å²) >= 11 is 3.30. The van der Waals surface area contributed by atoms with Gasteiger partial charge in [0.15, 0.2) is 5.76 Å². The van der Waals surface area contributed by atoms with Gasteiger partial charge in [-0.05, 0) is 28.1 Å². The van der Waals surface area contributed by atoms with Crippen LogP contribution in [0.25, 0.3) is 0 Å². The summed E-state index contributed by atoms with van der Waals surface area (Å²) < 4.78 is 10.9. The average molecular weight is 313 g/mol. The Morgan fingerprint density at radius 1 is 1.33 bits per heavy atom. The Labute approximate surface area is 113 Å². The third-order valence-electron chi connectivity index (χ3n) is 2.26. The molecule has 2 heterocycles. The van der Waals surface area contributed by atoms with Crippen molar-refractivity contribution in [3.63, 3.8) is 0 Å². The molecule has 0 radical (unpaired) electrons. The van der Waals surface area contributed by atoms with Crippen molar-refractivity contribution in [2.75, 3.05) is 14.2 Å². The second kappa shape index (κ2) is 5.92. The topological polar surface area (TPSA) is 64.3 Å². The fourth-order valence-electron chi connectivity index (χ4n) is 1.45.